The number of aromatic nitrogens is 1. The summed E-state index contributed by atoms with van der Waals surface area (Å²) in [7, 11) is 0. The third-order valence-corrected chi connectivity index (χ3v) is 16.7. The minimum atomic E-state index is 0.846. The molecule has 0 fully saturated rings. The van der Waals surface area contributed by atoms with Crippen molar-refractivity contribution in [2.24, 2.45) is 0 Å². The van der Waals surface area contributed by atoms with E-state index in [0.717, 1.165) is 67.2 Å². The highest BCUT2D eigenvalue weighted by molar-refractivity contribution is 7.26. The molecule has 0 unspecified atom stereocenters. The van der Waals surface area contributed by atoms with Crippen LogP contribution >= 0.6 is 11.3 Å². The Bertz CT molecular complexity index is 4850. The molecule has 12 aromatic carbocycles. The second-order valence-corrected chi connectivity index (χ2v) is 20.7. The molecule has 0 radical (unpaired) electrons. The lowest BCUT2D eigenvalue weighted by Gasteiger charge is -2.31. The molecule has 0 amide bonds. The number of hydrogen-bond acceptors (Lipinski definition) is 4. The van der Waals surface area contributed by atoms with Gasteiger partial charge < -0.3 is 18.6 Å². The topological polar surface area (TPSA) is 24.0 Å². The monoisotopic (exact) mass is 973 g/mol. The molecule has 0 aliphatic rings. The van der Waals surface area contributed by atoms with Crippen molar-refractivity contribution in [3.63, 3.8) is 0 Å². The molecule has 75 heavy (non-hydrogen) atoms. The molecule has 350 valence electrons. The number of hydrogen-bond donors (Lipinski definition) is 0. The van der Waals surface area contributed by atoms with Crippen LogP contribution in [-0.2, 0) is 0 Å². The van der Waals surface area contributed by atoms with Gasteiger partial charge in [-0.1, -0.05) is 164 Å². The summed E-state index contributed by atoms with van der Waals surface area (Å²) in [6.07, 6.45) is 0. The number of fused-ring (bicyclic) bond motifs is 12. The molecular formula is C70H43N3OS. The molecule has 16 rings (SSSR count). The van der Waals surface area contributed by atoms with Crippen LogP contribution < -0.4 is 9.80 Å². The first-order valence-corrected chi connectivity index (χ1v) is 26.4. The fourth-order valence-electron chi connectivity index (χ4n) is 12.1. The molecule has 0 bridgehead atoms. The summed E-state index contributed by atoms with van der Waals surface area (Å²) in [4.78, 5) is 4.86. The van der Waals surface area contributed by atoms with Gasteiger partial charge in [-0.25, -0.2) is 0 Å². The average Bonchev–Trinajstić information content (AvgIpc) is 4.24. The fraction of sp³-hybridized carbons (Fsp3) is 0. The lowest BCUT2D eigenvalue weighted by molar-refractivity contribution is 0.669. The Balaban J connectivity index is 0.968. The van der Waals surface area contributed by atoms with Crippen LogP contribution in [0.4, 0.5) is 34.1 Å². The Kier molecular flexibility index (Phi) is 9.17. The normalized spacial score (nSPS) is 12.0. The van der Waals surface area contributed by atoms with Gasteiger partial charge in [0.15, 0.2) is 0 Å². The van der Waals surface area contributed by atoms with Gasteiger partial charge in [0.2, 0.25) is 0 Å². The minimum Gasteiger partial charge on any atom is -0.456 e. The Morgan fingerprint density at radius 2 is 0.987 bits per heavy atom. The van der Waals surface area contributed by atoms with Crippen LogP contribution in [0.15, 0.2) is 265 Å². The van der Waals surface area contributed by atoms with Crippen molar-refractivity contribution >= 4 is 136 Å². The molecule has 0 N–H and O–H groups in total. The van der Waals surface area contributed by atoms with Crippen LogP contribution in [0.2, 0.25) is 0 Å². The maximum Gasteiger partial charge on any atom is 0.137 e. The largest absolute Gasteiger partial charge is 0.456 e. The summed E-state index contributed by atoms with van der Waals surface area (Å²) in [6.45, 7) is 0. The van der Waals surface area contributed by atoms with Gasteiger partial charge in [-0.3, -0.25) is 0 Å². The lowest BCUT2D eigenvalue weighted by atomic mass is 9.98. The third kappa shape index (κ3) is 6.42. The van der Waals surface area contributed by atoms with E-state index in [0.29, 0.717) is 0 Å². The van der Waals surface area contributed by atoms with Crippen LogP contribution in [0.1, 0.15) is 0 Å². The SMILES string of the molecule is c1ccc(-c2ccccc2N(c2ccc3c(c2)oc2ccccc23)c2cc(N(c3ccccc3)c3ccccc3)cc3c2sc2ccc(-c4ccc5c(c4)c4ccc6cccc7c8ccccc8n5c4c67)cc23)cc1. The highest BCUT2D eigenvalue weighted by Crippen LogP contribution is 2.52. The molecule has 0 aliphatic carbocycles. The number of anilines is 6. The highest BCUT2D eigenvalue weighted by Gasteiger charge is 2.26. The van der Waals surface area contributed by atoms with Crippen LogP contribution in [0, 0.1) is 0 Å². The summed E-state index contributed by atoms with van der Waals surface area (Å²) >= 11 is 1.86. The molecule has 4 heterocycles. The molecule has 16 aromatic rings. The van der Waals surface area contributed by atoms with Gasteiger partial charge in [-0.05, 0) is 118 Å². The lowest BCUT2D eigenvalue weighted by Crippen LogP contribution is -2.14. The molecule has 0 aliphatic heterocycles. The van der Waals surface area contributed by atoms with E-state index in [9.17, 15) is 0 Å². The van der Waals surface area contributed by atoms with E-state index in [1.165, 1.54) is 80.2 Å². The van der Waals surface area contributed by atoms with E-state index in [4.69, 9.17) is 4.42 Å². The number of benzene rings is 12. The number of rotatable bonds is 8. The van der Waals surface area contributed by atoms with E-state index < -0.39 is 0 Å². The smallest absolute Gasteiger partial charge is 0.137 e. The zero-order valence-corrected chi connectivity index (χ0v) is 41.3. The van der Waals surface area contributed by atoms with Crippen LogP contribution in [-0.4, -0.2) is 4.40 Å². The van der Waals surface area contributed by atoms with Gasteiger partial charge >= 0.3 is 0 Å². The minimum absolute atomic E-state index is 0.846. The summed E-state index contributed by atoms with van der Waals surface area (Å²) in [5, 5.41) is 12.3. The van der Waals surface area contributed by atoms with Crippen LogP contribution in [0.3, 0.4) is 0 Å². The zero-order valence-electron chi connectivity index (χ0n) is 40.5. The average molecular weight is 974 g/mol. The first-order chi connectivity index (χ1) is 37.2. The van der Waals surface area contributed by atoms with Crippen molar-refractivity contribution in [1.29, 1.82) is 0 Å². The zero-order chi connectivity index (χ0) is 49.1. The molecule has 0 saturated heterocycles. The number of furan rings is 1. The van der Waals surface area contributed by atoms with Crippen LogP contribution in [0.25, 0.3) is 113 Å². The summed E-state index contributed by atoms with van der Waals surface area (Å²) in [5.41, 5.74) is 16.5. The van der Waals surface area contributed by atoms with Crippen molar-refractivity contribution in [3.05, 3.63) is 261 Å². The summed E-state index contributed by atoms with van der Waals surface area (Å²) < 4.78 is 11.6. The van der Waals surface area contributed by atoms with Gasteiger partial charge in [-0.2, -0.15) is 0 Å². The fourth-order valence-corrected chi connectivity index (χ4v) is 13.3. The van der Waals surface area contributed by atoms with Gasteiger partial charge in [-0.15, -0.1) is 11.3 Å². The van der Waals surface area contributed by atoms with Crippen molar-refractivity contribution in [2.45, 2.75) is 0 Å². The van der Waals surface area contributed by atoms with E-state index in [1.54, 1.807) is 0 Å². The second-order valence-electron chi connectivity index (χ2n) is 19.6. The quantitative estimate of drug-likeness (QED) is 0.112. The Morgan fingerprint density at radius 1 is 0.333 bits per heavy atom. The maximum atomic E-state index is 6.66. The molecule has 4 nitrogen and oxygen atoms in total. The van der Waals surface area contributed by atoms with Crippen molar-refractivity contribution < 1.29 is 4.42 Å². The molecular weight excluding hydrogens is 931 g/mol. The van der Waals surface area contributed by atoms with Crippen molar-refractivity contribution in [1.82, 2.24) is 4.40 Å². The Hall–Kier alpha value is -9.68. The van der Waals surface area contributed by atoms with Gasteiger partial charge in [0.05, 0.1) is 32.6 Å². The Labute approximate surface area is 435 Å². The first kappa shape index (κ1) is 41.9. The molecule has 5 heteroatoms. The number of thiophene rings is 1. The van der Waals surface area contributed by atoms with E-state index in [2.05, 4.69) is 269 Å². The van der Waals surface area contributed by atoms with Crippen molar-refractivity contribution in [2.75, 3.05) is 9.80 Å². The third-order valence-electron chi connectivity index (χ3n) is 15.5. The highest BCUT2D eigenvalue weighted by atomic mass is 32.1. The van der Waals surface area contributed by atoms with E-state index in [-0.39, 0.29) is 0 Å². The number of nitrogens with zero attached hydrogens (tertiary/aromatic N) is 3. The first-order valence-electron chi connectivity index (χ1n) is 25.6. The van der Waals surface area contributed by atoms with E-state index >= 15 is 0 Å². The predicted molar refractivity (Wildman–Crippen MR) is 319 cm³/mol. The Morgan fingerprint density at radius 3 is 1.81 bits per heavy atom. The predicted octanol–water partition coefficient (Wildman–Crippen LogP) is 20.5. The molecule has 0 atom stereocenters. The molecule has 4 aromatic heterocycles. The summed E-state index contributed by atoms with van der Waals surface area (Å²) in [5.74, 6) is 0. The molecule has 0 saturated carbocycles. The van der Waals surface area contributed by atoms with Gasteiger partial charge in [0.1, 0.15) is 11.2 Å². The molecule has 0 spiro atoms. The van der Waals surface area contributed by atoms with Gasteiger partial charge in [0, 0.05) is 82.2 Å². The standard InChI is InChI=1S/C70H43N3OS/c1-4-17-44(18-5-1)52-24-10-13-28-61(52)72(50-34-36-55-54-26-12-15-30-65(54)74-66(55)43-50)64-42-51(71(48-20-6-2-7-21-48)49-22-8-3-9-23-49)41-60-59-40-47(33-38-67(59)75-70(60)64)46-32-37-63-58(39-46)57-35-31-45-19-16-27-56-53-25-11-14-29-62(53)73(63)69(57)68(45)56/h1-43H. The second kappa shape index (κ2) is 16.4. The maximum absolute atomic E-state index is 6.66. The number of para-hydroxylation sites is 5. The van der Waals surface area contributed by atoms with Gasteiger partial charge in [0.25, 0.3) is 0 Å². The number of pyridine rings is 1. The van der Waals surface area contributed by atoms with Crippen LogP contribution in [0.5, 0.6) is 0 Å². The van der Waals surface area contributed by atoms with Crippen molar-refractivity contribution in [3.8, 4) is 22.3 Å². The van der Waals surface area contributed by atoms with E-state index in [1.807, 2.05) is 17.4 Å². The summed E-state index contributed by atoms with van der Waals surface area (Å²) in [6, 6.07) is 95.3.